The fourth-order valence-corrected chi connectivity index (χ4v) is 2.90. The van der Waals surface area contributed by atoms with Crippen molar-refractivity contribution in [1.29, 1.82) is 0 Å². The van der Waals surface area contributed by atoms with E-state index in [0.717, 1.165) is 0 Å². The number of hydrogen-bond donors (Lipinski definition) is 0. The van der Waals surface area contributed by atoms with Gasteiger partial charge in [-0.2, -0.15) is 5.10 Å². The van der Waals surface area contributed by atoms with E-state index in [2.05, 4.69) is 5.10 Å². The summed E-state index contributed by atoms with van der Waals surface area (Å²) >= 11 is 17.8. The van der Waals surface area contributed by atoms with Crippen molar-refractivity contribution in [2.45, 2.75) is 6.61 Å². The fraction of sp³-hybridized carbons (Fsp3) is 0.111. The number of ether oxygens (including phenoxy) is 1. The van der Waals surface area contributed by atoms with Crippen LogP contribution in [0.15, 0.2) is 47.0 Å². The second-order valence-corrected chi connectivity index (χ2v) is 6.62. The predicted octanol–water partition coefficient (Wildman–Crippen LogP) is 5.45. The van der Waals surface area contributed by atoms with Gasteiger partial charge in [-0.1, -0.05) is 34.8 Å². The highest BCUT2D eigenvalue weighted by Gasteiger charge is 2.12. The van der Waals surface area contributed by atoms with Gasteiger partial charge in [-0.05, 0) is 42.5 Å². The van der Waals surface area contributed by atoms with Crippen LogP contribution in [0.25, 0.3) is 6.08 Å². The Bertz CT molecular complexity index is 976. The first kappa shape index (κ1) is 18.6. The quantitative estimate of drug-likeness (QED) is 0.400. The summed E-state index contributed by atoms with van der Waals surface area (Å²) in [5.41, 5.74) is 0.193. The SMILES string of the molecule is Cn1cc(Cl)c(C(=O)/C=C/c2ccc(COc3ccc(Cl)cc3Cl)o2)n1. The van der Waals surface area contributed by atoms with E-state index in [0.29, 0.717) is 32.3 Å². The van der Waals surface area contributed by atoms with Gasteiger partial charge in [-0.3, -0.25) is 9.48 Å². The lowest BCUT2D eigenvalue weighted by molar-refractivity contribution is 0.104. The molecule has 0 amide bonds. The van der Waals surface area contributed by atoms with E-state index in [9.17, 15) is 4.79 Å². The van der Waals surface area contributed by atoms with Crippen molar-refractivity contribution >= 4 is 46.7 Å². The number of nitrogens with zero attached hydrogens (tertiary/aromatic N) is 2. The number of carbonyl (C=O) groups excluding carboxylic acids is 1. The third kappa shape index (κ3) is 4.49. The lowest BCUT2D eigenvalue weighted by atomic mass is 10.2. The first-order valence-electron chi connectivity index (χ1n) is 7.50. The summed E-state index contributed by atoms with van der Waals surface area (Å²) in [6, 6.07) is 8.45. The predicted molar refractivity (Wildman–Crippen MR) is 101 cm³/mol. The highest BCUT2D eigenvalue weighted by Crippen LogP contribution is 2.28. The largest absolute Gasteiger partial charge is 0.484 e. The minimum Gasteiger partial charge on any atom is -0.484 e. The van der Waals surface area contributed by atoms with E-state index in [1.54, 1.807) is 49.7 Å². The third-order valence-corrected chi connectivity index (χ3v) is 4.17. The zero-order chi connectivity index (χ0) is 18.7. The van der Waals surface area contributed by atoms with Gasteiger partial charge in [0.1, 0.15) is 23.9 Å². The molecule has 0 bridgehead atoms. The molecule has 0 aliphatic heterocycles. The van der Waals surface area contributed by atoms with Crippen molar-refractivity contribution in [1.82, 2.24) is 9.78 Å². The molecule has 26 heavy (non-hydrogen) atoms. The molecule has 0 aliphatic carbocycles. The first-order chi connectivity index (χ1) is 12.4. The van der Waals surface area contributed by atoms with Gasteiger partial charge in [0.2, 0.25) is 5.78 Å². The molecule has 0 atom stereocenters. The number of furan rings is 1. The topological polar surface area (TPSA) is 57.3 Å². The molecule has 0 N–H and O–H groups in total. The van der Waals surface area contributed by atoms with Crippen LogP contribution in [0.4, 0.5) is 0 Å². The molecule has 0 unspecified atom stereocenters. The Morgan fingerprint density at radius 1 is 1.23 bits per heavy atom. The van der Waals surface area contributed by atoms with Crippen LogP contribution in [0.1, 0.15) is 22.0 Å². The van der Waals surface area contributed by atoms with Gasteiger partial charge in [0.15, 0.2) is 5.69 Å². The molecule has 0 saturated carbocycles. The maximum Gasteiger partial charge on any atom is 0.207 e. The van der Waals surface area contributed by atoms with Crippen molar-refractivity contribution in [3.63, 3.8) is 0 Å². The Morgan fingerprint density at radius 3 is 2.73 bits per heavy atom. The molecule has 2 aromatic heterocycles. The minimum absolute atomic E-state index is 0.190. The molecule has 3 rings (SSSR count). The molecule has 8 heteroatoms. The number of ketones is 1. The van der Waals surface area contributed by atoms with E-state index >= 15 is 0 Å². The van der Waals surface area contributed by atoms with Gasteiger partial charge in [-0.15, -0.1) is 0 Å². The number of carbonyl (C=O) groups is 1. The standard InChI is InChI=1S/C18H13Cl3N2O3/c1-23-9-15(21)18(22-23)16(24)6-5-12-3-4-13(26-12)10-25-17-7-2-11(19)8-14(17)20/h2-9H,10H2,1H3/b6-5+. The second kappa shape index (κ2) is 7.99. The summed E-state index contributed by atoms with van der Waals surface area (Å²) in [6.45, 7) is 0.190. The second-order valence-electron chi connectivity index (χ2n) is 5.36. The summed E-state index contributed by atoms with van der Waals surface area (Å²) < 4.78 is 12.7. The smallest absolute Gasteiger partial charge is 0.207 e. The number of halogens is 3. The van der Waals surface area contributed by atoms with Crippen LogP contribution in [0.3, 0.4) is 0 Å². The monoisotopic (exact) mass is 410 g/mol. The van der Waals surface area contributed by atoms with Crippen LogP contribution >= 0.6 is 34.8 Å². The van der Waals surface area contributed by atoms with Crippen LogP contribution in [-0.4, -0.2) is 15.6 Å². The van der Waals surface area contributed by atoms with Crippen molar-refractivity contribution < 1.29 is 13.9 Å². The van der Waals surface area contributed by atoms with Gasteiger partial charge in [-0.25, -0.2) is 0 Å². The molecule has 5 nitrogen and oxygen atoms in total. The molecule has 1 aromatic carbocycles. The zero-order valence-corrected chi connectivity index (χ0v) is 15.8. The molecular formula is C18H13Cl3N2O3. The van der Waals surface area contributed by atoms with E-state index in [1.165, 1.54) is 10.8 Å². The van der Waals surface area contributed by atoms with Gasteiger partial charge in [0, 0.05) is 18.3 Å². The molecule has 0 radical (unpaired) electrons. The van der Waals surface area contributed by atoms with E-state index in [4.69, 9.17) is 44.0 Å². The lowest BCUT2D eigenvalue weighted by Crippen LogP contribution is -1.98. The number of allylic oxidation sites excluding steroid dienone is 1. The van der Waals surface area contributed by atoms with Crippen molar-refractivity contribution in [2.75, 3.05) is 0 Å². The minimum atomic E-state index is -0.308. The van der Waals surface area contributed by atoms with Crippen molar-refractivity contribution in [3.05, 3.63) is 74.9 Å². The Labute approximate surface area is 164 Å². The third-order valence-electron chi connectivity index (χ3n) is 3.36. The number of hydrogen-bond acceptors (Lipinski definition) is 4. The molecule has 0 saturated heterocycles. The van der Waals surface area contributed by atoms with Gasteiger partial charge < -0.3 is 9.15 Å². The van der Waals surface area contributed by atoms with E-state index in [-0.39, 0.29) is 18.1 Å². The van der Waals surface area contributed by atoms with Crippen LogP contribution in [0, 0.1) is 0 Å². The Morgan fingerprint density at radius 2 is 2.04 bits per heavy atom. The summed E-state index contributed by atoms with van der Waals surface area (Å²) in [5, 5.41) is 5.27. The zero-order valence-electron chi connectivity index (χ0n) is 13.6. The fourth-order valence-electron chi connectivity index (χ4n) is 2.17. The van der Waals surface area contributed by atoms with Crippen LogP contribution in [0.5, 0.6) is 5.75 Å². The van der Waals surface area contributed by atoms with Crippen LogP contribution in [-0.2, 0) is 13.7 Å². The number of aromatic nitrogens is 2. The highest BCUT2D eigenvalue weighted by atomic mass is 35.5. The number of rotatable bonds is 6. The van der Waals surface area contributed by atoms with Crippen LogP contribution < -0.4 is 4.74 Å². The Kier molecular flexibility index (Phi) is 5.71. The first-order valence-corrected chi connectivity index (χ1v) is 8.64. The molecule has 0 spiro atoms. The molecule has 134 valence electrons. The van der Waals surface area contributed by atoms with Crippen LogP contribution in [0.2, 0.25) is 15.1 Å². The Hall–Kier alpha value is -2.21. The molecule has 0 fully saturated rings. The molecule has 0 aliphatic rings. The normalized spacial score (nSPS) is 11.2. The average molecular weight is 412 g/mol. The molecular weight excluding hydrogens is 399 g/mol. The maximum atomic E-state index is 12.1. The van der Waals surface area contributed by atoms with Crippen molar-refractivity contribution in [2.24, 2.45) is 7.05 Å². The van der Waals surface area contributed by atoms with E-state index in [1.807, 2.05) is 0 Å². The molecule has 3 aromatic rings. The molecule has 2 heterocycles. The van der Waals surface area contributed by atoms with Gasteiger partial charge in [0.25, 0.3) is 0 Å². The summed E-state index contributed by atoms with van der Waals surface area (Å²) in [6.07, 6.45) is 4.46. The maximum absolute atomic E-state index is 12.1. The van der Waals surface area contributed by atoms with Crippen molar-refractivity contribution in [3.8, 4) is 5.75 Å². The summed E-state index contributed by atoms with van der Waals surface area (Å²) in [7, 11) is 1.69. The number of aryl methyl sites for hydroxylation is 1. The number of benzene rings is 1. The Balaban J connectivity index is 1.62. The highest BCUT2D eigenvalue weighted by molar-refractivity contribution is 6.35. The van der Waals surface area contributed by atoms with Gasteiger partial charge >= 0.3 is 0 Å². The lowest BCUT2D eigenvalue weighted by Gasteiger charge is -2.06. The average Bonchev–Trinajstić information content (AvgIpc) is 3.18. The van der Waals surface area contributed by atoms with E-state index < -0.39 is 0 Å². The summed E-state index contributed by atoms with van der Waals surface area (Å²) in [4.78, 5) is 12.1. The van der Waals surface area contributed by atoms with Gasteiger partial charge in [0.05, 0.1) is 10.0 Å². The summed E-state index contributed by atoms with van der Waals surface area (Å²) in [5.74, 6) is 1.28.